The molecule has 0 saturated carbocycles. The zero-order valence-electron chi connectivity index (χ0n) is 9.35. The van der Waals surface area contributed by atoms with E-state index in [-0.39, 0.29) is 5.97 Å². The van der Waals surface area contributed by atoms with E-state index in [1.165, 1.54) is 0 Å². The molecule has 0 amide bonds. The summed E-state index contributed by atoms with van der Waals surface area (Å²) < 4.78 is 5.00. The third-order valence-corrected chi connectivity index (χ3v) is 3.20. The lowest BCUT2D eigenvalue weighted by Gasteiger charge is -2.34. The summed E-state index contributed by atoms with van der Waals surface area (Å²) in [5, 5.41) is 10.5. The topological polar surface area (TPSA) is 46.5 Å². The van der Waals surface area contributed by atoms with Crippen molar-refractivity contribution in [3.8, 4) is 0 Å². The largest absolute Gasteiger partial charge is 0.465 e. The van der Waals surface area contributed by atoms with Gasteiger partial charge >= 0.3 is 5.97 Å². The molecule has 86 valence electrons. The zero-order chi connectivity index (χ0) is 11.6. The molecule has 0 bridgehead atoms. The standard InChI is InChI=1S/C13H16O3/c1-13(15,10-6-3-2-4-7-10)11-8-5-9-16-12(11)14/h2-4,6-7,11,15H,5,8-9H2,1H3. The van der Waals surface area contributed by atoms with Gasteiger partial charge in [0.25, 0.3) is 0 Å². The van der Waals surface area contributed by atoms with Crippen molar-refractivity contribution in [2.24, 2.45) is 5.92 Å². The van der Waals surface area contributed by atoms with E-state index in [9.17, 15) is 9.90 Å². The highest BCUT2D eigenvalue weighted by Crippen LogP contribution is 2.35. The lowest BCUT2D eigenvalue weighted by Crippen LogP contribution is -2.40. The van der Waals surface area contributed by atoms with Crippen molar-refractivity contribution < 1.29 is 14.6 Å². The predicted molar refractivity (Wildman–Crippen MR) is 59.7 cm³/mol. The molecule has 3 heteroatoms. The second-order valence-electron chi connectivity index (χ2n) is 4.38. The van der Waals surface area contributed by atoms with Gasteiger partial charge in [0.15, 0.2) is 0 Å². The average molecular weight is 220 g/mol. The maximum atomic E-state index is 11.6. The zero-order valence-corrected chi connectivity index (χ0v) is 9.35. The molecular weight excluding hydrogens is 204 g/mol. The number of benzene rings is 1. The molecule has 1 N–H and O–H groups in total. The summed E-state index contributed by atoms with van der Waals surface area (Å²) >= 11 is 0. The molecule has 0 aromatic heterocycles. The Morgan fingerprint density at radius 3 is 2.69 bits per heavy atom. The summed E-state index contributed by atoms with van der Waals surface area (Å²) in [6.07, 6.45) is 1.50. The van der Waals surface area contributed by atoms with Crippen LogP contribution in [0.4, 0.5) is 0 Å². The summed E-state index contributed by atoms with van der Waals surface area (Å²) in [5.74, 6) is -0.747. The predicted octanol–water partition coefficient (Wildman–Crippen LogP) is 1.85. The van der Waals surface area contributed by atoms with Gasteiger partial charge in [-0.05, 0) is 25.3 Å². The number of ether oxygens (including phenoxy) is 1. The van der Waals surface area contributed by atoms with Crippen molar-refractivity contribution in [3.05, 3.63) is 35.9 Å². The Morgan fingerprint density at radius 1 is 1.38 bits per heavy atom. The van der Waals surface area contributed by atoms with Gasteiger partial charge in [-0.25, -0.2) is 0 Å². The smallest absolute Gasteiger partial charge is 0.312 e. The van der Waals surface area contributed by atoms with Gasteiger partial charge in [0.05, 0.1) is 12.5 Å². The van der Waals surface area contributed by atoms with Gasteiger partial charge in [0.1, 0.15) is 5.60 Å². The van der Waals surface area contributed by atoms with Gasteiger partial charge in [-0.2, -0.15) is 0 Å². The Labute approximate surface area is 95.0 Å². The molecule has 2 rings (SSSR count). The van der Waals surface area contributed by atoms with Crippen LogP contribution in [0.25, 0.3) is 0 Å². The molecule has 0 aliphatic carbocycles. The van der Waals surface area contributed by atoms with Crippen LogP contribution in [-0.4, -0.2) is 17.7 Å². The number of aliphatic hydroxyl groups is 1. The van der Waals surface area contributed by atoms with Crippen molar-refractivity contribution in [1.82, 2.24) is 0 Å². The summed E-state index contributed by atoms with van der Waals surface area (Å²) in [5.41, 5.74) is -0.377. The maximum absolute atomic E-state index is 11.6. The van der Waals surface area contributed by atoms with Gasteiger partial charge < -0.3 is 9.84 Å². The fraction of sp³-hybridized carbons (Fsp3) is 0.462. The van der Waals surface area contributed by atoms with Crippen molar-refractivity contribution in [2.75, 3.05) is 6.61 Å². The van der Waals surface area contributed by atoms with Crippen LogP contribution in [0.1, 0.15) is 25.3 Å². The second-order valence-corrected chi connectivity index (χ2v) is 4.38. The minimum absolute atomic E-state index is 0.292. The van der Waals surface area contributed by atoms with E-state index in [1.807, 2.05) is 30.3 Å². The fourth-order valence-corrected chi connectivity index (χ4v) is 2.17. The van der Waals surface area contributed by atoms with Crippen molar-refractivity contribution in [2.45, 2.75) is 25.4 Å². The fourth-order valence-electron chi connectivity index (χ4n) is 2.17. The SMILES string of the molecule is CC(O)(c1ccccc1)C1CCCOC1=O. The molecule has 16 heavy (non-hydrogen) atoms. The molecule has 1 aromatic carbocycles. The monoisotopic (exact) mass is 220 g/mol. The molecule has 2 unspecified atom stereocenters. The third kappa shape index (κ3) is 1.95. The quantitative estimate of drug-likeness (QED) is 0.774. The Bertz CT molecular complexity index is 370. The first kappa shape index (κ1) is 11.1. The molecular formula is C13H16O3. The highest BCUT2D eigenvalue weighted by atomic mass is 16.5. The molecule has 0 spiro atoms. The highest BCUT2D eigenvalue weighted by Gasteiger charge is 2.41. The number of hydrogen-bond acceptors (Lipinski definition) is 3. The van der Waals surface area contributed by atoms with Crippen LogP contribution < -0.4 is 0 Å². The highest BCUT2D eigenvalue weighted by molar-refractivity contribution is 5.74. The van der Waals surface area contributed by atoms with Crippen LogP contribution in [0.5, 0.6) is 0 Å². The third-order valence-electron chi connectivity index (χ3n) is 3.20. The van der Waals surface area contributed by atoms with E-state index < -0.39 is 11.5 Å². The van der Waals surface area contributed by atoms with Crippen molar-refractivity contribution >= 4 is 5.97 Å². The molecule has 0 radical (unpaired) electrons. The summed E-state index contributed by atoms with van der Waals surface area (Å²) in [6.45, 7) is 2.15. The number of esters is 1. The van der Waals surface area contributed by atoms with Gasteiger partial charge in [0, 0.05) is 0 Å². The van der Waals surface area contributed by atoms with Crippen molar-refractivity contribution in [1.29, 1.82) is 0 Å². The molecule has 1 aliphatic rings. The van der Waals surface area contributed by atoms with E-state index in [1.54, 1.807) is 6.92 Å². The van der Waals surface area contributed by atoms with Crippen LogP contribution in [-0.2, 0) is 15.1 Å². The Morgan fingerprint density at radius 2 is 2.06 bits per heavy atom. The molecule has 1 fully saturated rings. The second kappa shape index (κ2) is 4.26. The molecule has 1 saturated heterocycles. The van der Waals surface area contributed by atoms with Gasteiger partial charge in [-0.3, -0.25) is 4.79 Å². The Balaban J connectivity index is 2.27. The minimum Gasteiger partial charge on any atom is -0.465 e. The first-order valence-corrected chi connectivity index (χ1v) is 5.57. The van der Waals surface area contributed by atoms with Crippen LogP contribution in [0.2, 0.25) is 0 Å². The van der Waals surface area contributed by atoms with E-state index >= 15 is 0 Å². The lowest BCUT2D eigenvalue weighted by molar-refractivity contribution is -0.165. The van der Waals surface area contributed by atoms with Crippen LogP contribution in [0, 0.1) is 5.92 Å². The number of carbonyl (C=O) groups excluding carboxylic acids is 1. The molecule has 2 atom stereocenters. The van der Waals surface area contributed by atoms with E-state index in [2.05, 4.69) is 0 Å². The maximum Gasteiger partial charge on any atom is 0.312 e. The van der Waals surface area contributed by atoms with E-state index in [0.717, 1.165) is 12.0 Å². The van der Waals surface area contributed by atoms with Crippen LogP contribution >= 0.6 is 0 Å². The van der Waals surface area contributed by atoms with Crippen molar-refractivity contribution in [3.63, 3.8) is 0 Å². The normalized spacial score (nSPS) is 24.6. The van der Waals surface area contributed by atoms with Gasteiger partial charge in [0.2, 0.25) is 0 Å². The molecule has 3 nitrogen and oxygen atoms in total. The molecule has 1 heterocycles. The van der Waals surface area contributed by atoms with Gasteiger partial charge in [-0.1, -0.05) is 30.3 Å². The number of hydrogen-bond donors (Lipinski definition) is 1. The Hall–Kier alpha value is -1.35. The first-order chi connectivity index (χ1) is 7.62. The van der Waals surface area contributed by atoms with E-state index in [0.29, 0.717) is 13.0 Å². The Kier molecular flexibility index (Phi) is 2.97. The average Bonchev–Trinajstić information content (AvgIpc) is 2.30. The lowest BCUT2D eigenvalue weighted by atomic mass is 9.79. The number of rotatable bonds is 2. The summed E-state index contributed by atoms with van der Waals surface area (Å²) in [7, 11) is 0. The molecule has 1 aliphatic heterocycles. The van der Waals surface area contributed by atoms with Crippen LogP contribution in [0.3, 0.4) is 0 Å². The molecule has 1 aromatic rings. The van der Waals surface area contributed by atoms with Gasteiger partial charge in [-0.15, -0.1) is 0 Å². The first-order valence-electron chi connectivity index (χ1n) is 5.57. The number of cyclic esters (lactones) is 1. The number of carbonyl (C=O) groups is 1. The summed E-state index contributed by atoms with van der Waals surface area (Å²) in [4.78, 5) is 11.6. The minimum atomic E-state index is -1.14. The summed E-state index contributed by atoms with van der Waals surface area (Å²) in [6, 6.07) is 9.28. The van der Waals surface area contributed by atoms with E-state index in [4.69, 9.17) is 4.74 Å². The van der Waals surface area contributed by atoms with Crippen LogP contribution in [0.15, 0.2) is 30.3 Å².